The molecule has 2 amide bonds. The third-order valence-electron chi connectivity index (χ3n) is 5.11. The topological polar surface area (TPSA) is 104 Å². The summed E-state index contributed by atoms with van der Waals surface area (Å²) in [5.41, 5.74) is 0.934. The van der Waals surface area contributed by atoms with Gasteiger partial charge in [-0.15, -0.1) is 11.3 Å². The average molecular weight is 423 g/mol. The number of fused-ring (bicyclic) bond motifs is 1. The molecule has 3 aromatic rings. The monoisotopic (exact) mass is 422 g/mol. The van der Waals surface area contributed by atoms with E-state index in [1.54, 1.807) is 17.4 Å². The third kappa shape index (κ3) is 4.33. The van der Waals surface area contributed by atoms with E-state index in [1.807, 2.05) is 30.3 Å². The summed E-state index contributed by atoms with van der Waals surface area (Å²) in [5, 5.41) is 16.2. The number of para-hydroxylation sites is 1. The van der Waals surface area contributed by atoms with Crippen LogP contribution in [-0.2, 0) is 4.79 Å². The highest BCUT2D eigenvalue weighted by molar-refractivity contribution is 7.18. The Bertz CT molecular complexity index is 1060. The fraction of sp³-hybridized carbons (Fsp3) is 0.273. The molecule has 1 aromatic carbocycles. The van der Waals surface area contributed by atoms with Crippen LogP contribution in [0.25, 0.3) is 10.2 Å². The van der Waals surface area contributed by atoms with E-state index in [0.717, 1.165) is 21.6 Å². The molecule has 1 aliphatic carbocycles. The Kier molecular flexibility index (Phi) is 6.04. The number of nitrogens with zero attached hydrogens (tertiary/aromatic N) is 2. The Labute approximate surface area is 177 Å². The van der Waals surface area contributed by atoms with E-state index in [9.17, 15) is 14.7 Å². The lowest BCUT2D eigenvalue weighted by Gasteiger charge is -2.26. The van der Waals surface area contributed by atoms with Crippen LogP contribution in [0.4, 0.5) is 0 Å². The van der Waals surface area contributed by atoms with Gasteiger partial charge in [0.15, 0.2) is 5.69 Å². The van der Waals surface area contributed by atoms with E-state index < -0.39 is 5.91 Å². The molecule has 0 spiro atoms. The molecule has 7 nitrogen and oxygen atoms in total. The number of pyridine rings is 1. The summed E-state index contributed by atoms with van der Waals surface area (Å²) in [5.74, 6) is -0.834. The Morgan fingerprint density at radius 1 is 1.07 bits per heavy atom. The maximum absolute atomic E-state index is 12.8. The van der Waals surface area contributed by atoms with Crippen LogP contribution >= 0.6 is 11.3 Å². The normalized spacial score (nSPS) is 18.3. The van der Waals surface area contributed by atoms with Gasteiger partial charge in [0.25, 0.3) is 5.91 Å². The van der Waals surface area contributed by atoms with Crippen molar-refractivity contribution in [1.82, 2.24) is 20.6 Å². The van der Waals surface area contributed by atoms with Gasteiger partial charge < -0.3 is 15.7 Å². The molecule has 2 unspecified atom stereocenters. The molecule has 2 aromatic heterocycles. The van der Waals surface area contributed by atoms with Gasteiger partial charge in [-0.3, -0.25) is 9.59 Å². The molecule has 2 heterocycles. The summed E-state index contributed by atoms with van der Waals surface area (Å²) >= 11 is 1.64. The van der Waals surface area contributed by atoms with E-state index in [1.165, 1.54) is 12.3 Å². The first-order valence-corrected chi connectivity index (χ1v) is 10.7. The van der Waals surface area contributed by atoms with Crippen LogP contribution in [0.5, 0.6) is 5.75 Å². The van der Waals surface area contributed by atoms with Crippen molar-refractivity contribution >= 4 is 33.4 Å². The van der Waals surface area contributed by atoms with Gasteiger partial charge in [0.2, 0.25) is 5.91 Å². The summed E-state index contributed by atoms with van der Waals surface area (Å²) in [6.45, 7) is 0.542. The van der Waals surface area contributed by atoms with Gasteiger partial charge in [-0.1, -0.05) is 24.3 Å². The zero-order valence-corrected chi connectivity index (χ0v) is 17.1. The van der Waals surface area contributed by atoms with E-state index in [-0.39, 0.29) is 35.7 Å². The number of aromatic hydroxyl groups is 1. The molecule has 2 atom stereocenters. The van der Waals surface area contributed by atoms with Crippen molar-refractivity contribution < 1.29 is 14.7 Å². The number of carbonyl (C=O) groups excluding carboxylic acids is 2. The molecule has 0 aliphatic heterocycles. The van der Waals surface area contributed by atoms with Crippen LogP contribution in [-0.4, -0.2) is 40.0 Å². The Balaban J connectivity index is 1.34. The first-order chi connectivity index (χ1) is 14.6. The maximum atomic E-state index is 12.8. The van der Waals surface area contributed by atoms with Crippen LogP contribution in [0, 0.1) is 5.92 Å². The van der Waals surface area contributed by atoms with Crippen molar-refractivity contribution in [2.24, 2.45) is 5.92 Å². The van der Waals surface area contributed by atoms with Gasteiger partial charge in [0.05, 0.1) is 21.1 Å². The predicted molar refractivity (Wildman–Crippen MR) is 115 cm³/mol. The van der Waals surface area contributed by atoms with Crippen LogP contribution in [0.3, 0.4) is 0 Å². The van der Waals surface area contributed by atoms with Crippen LogP contribution in [0.2, 0.25) is 0 Å². The zero-order chi connectivity index (χ0) is 20.9. The Morgan fingerprint density at radius 2 is 1.87 bits per heavy atom. The number of nitrogens with one attached hydrogen (secondary N) is 2. The largest absolute Gasteiger partial charge is 0.505 e. The molecular formula is C22H22N4O3S. The molecule has 0 radical (unpaired) electrons. The van der Waals surface area contributed by atoms with Crippen LogP contribution < -0.4 is 10.6 Å². The number of amides is 2. The average Bonchev–Trinajstić information content (AvgIpc) is 3.21. The van der Waals surface area contributed by atoms with E-state index in [0.29, 0.717) is 13.0 Å². The van der Waals surface area contributed by atoms with E-state index in [2.05, 4.69) is 21.7 Å². The predicted octanol–water partition coefficient (Wildman–Crippen LogP) is 2.99. The number of hydrogen-bond acceptors (Lipinski definition) is 6. The van der Waals surface area contributed by atoms with E-state index in [4.69, 9.17) is 4.98 Å². The van der Waals surface area contributed by atoms with Gasteiger partial charge in [-0.05, 0) is 37.1 Å². The lowest BCUT2D eigenvalue weighted by molar-refractivity contribution is -0.125. The third-order valence-corrected chi connectivity index (χ3v) is 6.28. The zero-order valence-electron chi connectivity index (χ0n) is 16.2. The molecule has 0 bridgehead atoms. The van der Waals surface area contributed by atoms with Gasteiger partial charge in [0.1, 0.15) is 5.75 Å². The highest BCUT2D eigenvalue weighted by Crippen LogP contribution is 2.38. The molecular weight excluding hydrogens is 400 g/mol. The standard InChI is InChI=1S/C22H22N4O3S/c27-17-9-5-11-23-19(17)21(29)25-13-12-24-20(28)14-6-1-2-7-15(14)22-26-16-8-3-4-10-18(16)30-22/h1-5,8-11,14-15,27H,6-7,12-13H2,(H,24,28)(H,25,29). The molecule has 4 rings (SSSR count). The van der Waals surface area contributed by atoms with E-state index >= 15 is 0 Å². The fourth-order valence-electron chi connectivity index (χ4n) is 3.57. The van der Waals surface area contributed by atoms with Crippen LogP contribution in [0.15, 0.2) is 54.7 Å². The van der Waals surface area contributed by atoms with Crippen molar-refractivity contribution in [3.05, 3.63) is 65.4 Å². The second kappa shape index (κ2) is 9.04. The first-order valence-electron chi connectivity index (χ1n) is 9.84. The lowest BCUT2D eigenvalue weighted by Crippen LogP contribution is -2.39. The number of rotatable bonds is 6. The Hall–Kier alpha value is -3.26. The molecule has 0 fully saturated rings. The smallest absolute Gasteiger partial charge is 0.273 e. The highest BCUT2D eigenvalue weighted by atomic mass is 32.1. The summed E-state index contributed by atoms with van der Waals surface area (Å²) in [7, 11) is 0. The van der Waals surface area contributed by atoms with Crippen molar-refractivity contribution in [2.75, 3.05) is 13.1 Å². The van der Waals surface area contributed by atoms with Crippen molar-refractivity contribution in [3.8, 4) is 5.75 Å². The number of benzene rings is 1. The molecule has 0 saturated heterocycles. The molecule has 8 heteroatoms. The number of allylic oxidation sites excluding steroid dienone is 2. The van der Waals surface area contributed by atoms with Gasteiger partial charge in [-0.25, -0.2) is 9.97 Å². The first kappa shape index (κ1) is 20.0. The maximum Gasteiger partial charge on any atom is 0.273 e. The molecule has 1 aliphatic rings. The Morgan fingerprint density at radius 3 is 2.70 bits per heavy atom. The number of carbonyl (C=O) groups is 2. The lowest BCUT2D eigenvalue weighted by atomic mass is 9.82. The molecule has 0 saturated carbocycles. The van der Waals surface area contributed by atoms with Crippen molar-refractivity contribution in [1.29, 1.82) is 0 Å². The highest BCUT2D eigenvalue weighted by Gasteiger charge is 2.32. The number of thiazole rings is 1. The summed E-state index contributed by atoms with van der Waals surface area (Å²) in [4.78, 5) is 33.5. The minimum Gasteiger partial charge on any atom is -0.505 e. The quantitative estimate of drug-likeness (QED) is 0.418. The van der Waals surface area contributed by atoms with Crippen molar-refractivity contribution in [2.45, 2.75) is 18.8 Å². The van der Waals surface area contributed by atoms with Crippen LogP contribution in [0.1, 0.15) is 34.3 Å². The second-order valence-electron chi connectivity index (χ2n) is 7.09. The molecule has 3 N–H and O–H groups in total. The number of hydrogen-bond donors (Lipinski definition) is 3. The number of aromatic nitrogens is 2. The minimum absolute atomic E-state index is 0.0304. The van der Waals surface area contributed by atoms with Crippen molar-refractivity contribution in [3.63, 3.8) is 0 Å². The molecule has 30 heavy (non-hydrogen) atoms. The minimum atomic E-state index is -0.477. The molecule has 154 valence electrons. The SMILES string of the molecule is O=C(NCCNC(=O)C1CC=CCC1c1nc2ccccc2s1)c1ncccc1O. The van der Waals surface area contributed by atoms with Gasteiger partial charge >= 0.3 is 0 Å². The second-order valence-corrected chi connectivity index (χ2v) is 8.16. The summed E-state index contributed by atoms with van der Waals surface area (Å²) < 4.78 is 1.13. The fourth-order valence-corrected chi connectivity index (χ4v) is 4.72. The van der Waals surface area contributed by atoms with Gasteiger partial charge in [0, 0.05) is 25.2 Å². The summed E-state index contributed by atoms with van der Waals surface area (Å²) in [6.07, 6.45) is 7.04. The van der Waals surface area contributed by atoms with Gasteiger partial charge in [-0.2, -0.15) is 0 Å². The summed E-state index contributed by atoms with van der Waals surface area (Å²) in [6, 6.07) is 11.0.